The molecule has 0 fully saturated rings. The van der Waals surface area contributed by atoms with Gasteiger partial charge in [0.2, 0.25) is 0 Å². The second-order valence-corrected chi connectivity index (χ2v) is 6.95. The van der Waals surface area contributed by atoms with E-state index in [-0.39, 0.29) is 0 Å². The van der Waals surface area contributed by atoms with Gasteiger partial charge in [0, 0.05) is 24.5 Å². The Morgan fingerprint density at radius 3 is 2.45 bits per heavy atom. The number of nitrogens with zero attached hydrogens (tertiary/aromatic N) is 2. The predicted molar refractivity (Wildman–Crippen MR) is 91.0 cm³/mol. The third-order valence-corrected chi connectivity index (χ3v) is 4.81. The Hall–Kier alpha value is -0.610. The number of aromatic nitrogens is 1. The fourth-order valence-corrected chi connectivity index (χ4v) is 3.51. The molecule has 116 valence electrons. The summed E-state index contributed by atoms with van der Waals surface area (Å²) in [6.07, 6.45) is 3.62. The minimum atomic E-state index is 0.494. The van der Waals surface area contributed by atoms with Crippen LogP contribution in [0.5, 0.6) is 0 Å². The summed E-state index contributed by atoms with van der Waals surface area (Å²) in [7, 11) is 2.17. The summed E-state index contributed by atoms with van der Waals surface area (Å²) in [6, 6.07) is 0.558. The quantitative estimate of drug-likeness (QED) is 0.685. The maximum absolute atomic E-state index is 4.90. The Morgan fingerprint density at radius 1 is 1.20 bits per heavy atom. The van der Waals surface area contributed by atoms with Crippen LogP contribution in [-0.4, -0.2) is 24.6 Å². The molecule has 0 spiro atoms. The van der Waals surface area contributed by atoms with Gasteiger partial charge in [0.15, 0.2) is 5.13 Å². The zero-order valence-corrected chi connectivity index (χ0v) is 14.8. The highest BCUT2D eigenvalue weighted by Crippen LogP contribution is 2.31. The molecule has 1 rings (SSSR count). The maximum atomic E-state index is 4.90. The molecule has 0 aromatic carbocycles. The van der Waals surface area contributed by atoms with Gasteiger partial charge in [-0.05, 0) is 32.2 Å². The van der Waals surface area contributed by atoms with Crippen molar-refractivity contribution in [3.05, 3.63) is 10.6 Å². The summed E-state index contributed by atoms with van der Waals surface area (Å²) in [5, 5.41) is 4.67. The molecule has 4 heteroatoms. The number of thiazole rings is 1. The molecule has 1 aromatic rings. The Morgan fingerprint density at radius 2 is 1.90 bits per heavy atom. The number of hydrogen-bond acceptors (Lipinski definition) is 4. The summed E-state index contributed by atoms with van der Waals surface area (Å²) in [6.45, 7) is 13.2. The van der Waals surface area contributed by atoms with Crippen molar-refractivity contribution in [3.63, 3.8) is 0 Å². The van der Waals surface area contributed by atoms with Gasteiger partial charge < -0.3 is 10.2 Å². The van der Waals surface area contributed by atoms with Crippen molar-refractivity contribution in [2.45, 2.75) is 72.4 Å². The lowest BCUT2D eigenvalue weighted by Crippen LogP contribution is -2.28. The average molecular weight is 298 g/mol. The summed E-state index contributed by atoms with van der Waals surface area (Å²) >= 11 is 1.85. The molecule has 1 heterocycles. The highest BCUT2D eigenvalue weighted by molar-refractivity contribution is 7.15. The van der Waals surface area contributed by atoms with E-state index in [2.05, 4.69) is 51.9 Å². The van der Waals surface area contributed by atoms with Crippen LogP contribution in [0.15, 0.2) is 0 Å². The van der Waals surface area contributed by atoms with Crippen molar-refractivity contribution in [1.82, 2.24) is 10.3 Å². The molecule has 1 aromatic heterocycles. The van der Waals surface area contributed by atoms with E-state index in [4.69, 9.17) is 4.98 Å². The maximum Gasteiger partial charge on any atom is 0.185 e. The van der Waals surface area contributed by atoms with Crippen molar-refractivity contribution in [2.24, 2.45) is 0 Å². The lowest BCUT2D eigenvalue weighted by molar-refractivity contribution is 0.613. The molecule has 20 heavy (non-hydrogen) atoms. The monoisotopic (exact) mass is 297 g/mol. The molecular weight excluding hydrogens is 266 g/mol. The molecule has 1 N–H and O–H groups in total. The van der Waals surface area contributed by atoms with Gasteiger partial charge >= 0.3 is 0 Å². The van der Waals surface area contributed by atoms with Crippen molar-refractivity contribution in [1.29, 1.82) is 0 Å². The second-order valence-electron chi connectivity index (χ2n) is 5.88. The van der Waals surface area contributed by atoms with Gasteiger partial charge in [-0.25, -0.2) is 4.98 Å². The molecule has 0 bridgehead atoms. The van der Waals surface area contributed by atoms with E-state index >= 15 is 0 Å². The van der Waals surface area contributed by atoms with Gasteiger partial charge in [-0.15, -0.1) is 11.3 Å². The predicted octanol–water partition coefficient (Wildman–Crippen LogP) is 4.39. The van der Waals surface area contributed by atoms with Crippen molar-refractivity contribution < 1.29 is 0 Å². The molecule has 3 nitrogen and oxygen atoms in total. The highest BCUT2D eigenvalue weighted by Gasteiger charge is 2.18. The largest absolute Gasteiger partial charge is 0.348 e. The topological polar surface area (TPSA) is 28.2 Å². The van der Waals surface area contributed by atoms with Crippen LogP contribution in [0, 0.1) is 0 Å². The molecular formula is C16H31N3S. The zero-order valence-electron chi connectivity index (χ0n) is 14.0. The van der Waals surface area contributed by atoms with Crippen LogP contribution in [0.25, 0.3) is 0 Å². The molecule has 0 aliphatic rings. The van der Waals surface area contributed by atoms with Gasteiger partial charge in [0.05, 0.1) is 5.69 Å². The highest BCUT2D eigenvalue weighted by atomic mass is 32.1. The fourth-order valence-electron chi connectivity index (χ4n) is 2.26. The molecule has 0 saturated heterocycles. The third-order valence-electron chi connectivity index (χ3n) is 3.64. The Balaban J connectivity index is 2.84. The standard InChI is InChI=1S/C16H31N3S/c1-7-9-13(5)19(6)16-18-15(12(3)4)14(20-16)11-17-10-8-2/h12-13,17H,7-11H2,1-6H3. The number of anilines is 1. The van der Waals surface area contributed by atoms with E-state index in [1.54, 1.807) is 0 Å². The van der Waals surface area contributed by atoms with E-state index in [1.165, 1.54) is 35.0 Å². The van der Waals surface area contributed by atoms with Crippen molar-refractivity contribution in [2.75, 3.05) is 18.5 Å². The molecule has 1 atom stereocenters. The first-order valence-corrected chi connectivity index (χ1v) is 8.75. The van der Waals surface area contributed by atoms with E-state index in [0.29, 0.717) is 12.0 Å². The SMILES string of the molecule is CCCNCc1sc(N(C)C(C)CCC)nc1C(C)C. The fraction of sp³-hybridized carbons (Fsp3) is 0.812. The zero-order chi connectivity index (χ0) is 15.1. The minimum Gasteiger partial charge on any atom is -0.348 e. The van der Waals surface area contributed by atoms with Gasteiger partial charge in [0.25, 0.3) is 0 Å². The van der Waals surface area contributed by atoms with E-state index in [9.17, 15) is 0 Å². The van der Waals surface area contributed by atoms with E-state index in [0.717, 1.165) is 13.1 Å². The molecule has 0 amide bonds. The van der Waals surface area contributed by atoms with Crippen LogP contribution in [0.4, 0.5) is 5.13 Å². The van der Waals surface area contributed by atoms with E-state index < -0.39 is 0 Å². The van der Waals surface area contributed by atoms with E-state index in [1.807, 2.05) is 11.3 Å². The average Bonchev–Trinajstić information content (AvgIpc) is 2.83. The van der Waals surface area contributed by atoms with Crippen LogP contribution < -0.4 is 10.2 Å². The van der Waals surface area contributed by atoms with Crippen molar-refractivity contribution in [3.8, 4) is 0 Å². The lowest BCUT2D eigenvalue weighted by atomic mass is 10.1. The first kappa shape index (κ1) is 17.4. The van der Waals surface area contributed by atoms with Gasteiger partial charge in [-0.2, -0.15) is 0 Å². The normalized spacial score (nSPS) is 12.9. The molecule has 1 unspecified atom stereocenters. The van der Waals surface area contributed by atoms with Crippen LogP contribution in [0.1, 0.15) is 70.4 Å². The van der Waals surface area contributed by atoms with Gasteiger partial charge in [-0.1, -0.05) is 34.1 Å². The minimum absolute atomic E-state index is 0.494. The van der Waals surface area contributed by atoms with Crippen LogP contribution in [-0.2, 0) is 6.54 Å². The first-order valence-electron chi connectivity index (χ1n) is 7.94. The third kappa shape index (κ3) is 4.74. The number of hydrogen-bond donors (Lipinski definition) is 1. The number of rotatable bonds is 9. The van der Waals surface area contributed by atoms with Gasteiger partial charge in [0.1, 0.15) is 0 Å². The Kier molecular flexibility index (Phi) is 7.52. The number of nitrogens with one attached hydrogen (secondary N) is 1. The Labute approximate surface area is 128 Å². The molecule has 0 aliphatic heterocycles. The first-order chi connectivity index (χ1) is 9.51. The van der Waals surface area contributed by atoms with Crippen LogP contribution in [0.2, 0.25) is 0 Å². The van der Waals surface area contributed by atoms with Crippen LogP contribution >= 0.6 is 11.3 Å². The summed E-state index contributed by atoms with van der Waals surface area (Å²) in [4.78, 5) is 8.63. The summed E-state index contributed by atoms with van der Waals surface area (Å²) in [5.74, 6) is 0.494. The summed E-state index contributed by atoms with van der Waals surface area (Å²) in [5.41, 5.74) is 1.27. The Bertz CT molecular complexity index is 387. The molecule has 0 aliphatic carbocycles. The molecule has 0 saturated carbocycles. The smallest absolute Gasteiger partial charge is 0.185 e. The lowest BCUT2D eigenvalue weighted by Gasteiger charge is -2.23. The van der Waals surface area contributed by atoms with Crippen LogP contribution in [0.3, 0.4) is 0 Å². The second kappa shape index (κ2) is 8.63. The molecule has 0 radical (unpaired) electrons. The summed E-state index contributed by atoms with van der Waals surface area (Å²) < 4.78 is 0. The van der Waals surface area contributed by atoms with Gasteiger partial charge in [-0.3, -0.25) is 0 Å². The van der Waals surface area contributed by atoms with Crippen molar-refractivity contribution >= 4 is 16.5 Å².